The Morgan fingerprint density at radius 2 is 2.04 bits per heavy atom. The van der Waals surface area contributed by atoms with Crippen molar-refractivity contribution in [1.29, 1.82) is 0 Å². The molecule has 0 fully saturated rings. The second-order valence-corrected chi connectivity index (χ2v) is 6.45. The summed E-state index contributed by atoms with van der Waals surface area (Å²) in [6.45, 7) is 6.47. The Morgan fingerprint density at radius 1 is 1.29 bits per heavy atom. The van der Waals surface area contributed by atoms with Gasteiger partial charge in [0.2, 0.25) is 0 Å². The minimum absolute atomic E-state index is 0.0350. The van der Waals surface area contributed by atoms with Crippen molar-refractivity contribution in [2.45, 2.75) is 59.0 Å². The van der Waals surface area contributed by atoms with E-state index < -0.39 is 6.04 Å². The molecule has 5 nitrogen and oxygen atoms in total. The van der Waals surface area contributed by atoms with Crippen molar-refractivity contribution in [1.82, 2.24) is 4.90 Å². The van der Waals surface area contributed by atoms with Crippen LogP contribution in [0.25, 0.3) is 0 Å². The summed E-state index contributed by atoms with van der Waals surface area (Å²) < 4.78 is 0. The molecule has 5 heteroatoms. The molecule has 130 valence electrons. The van der Waals surface area contributed by atoms with Crippen LogP contribution in [0.15, 0.2) is 18.2 Å². The van der Waals surface area contributed by atoms with E-state index in [9.17, 15) is 14.4 Å². The van der Waals surface area contributed by atoms with Crippen molar-refractivity contribution in [3.8, 4) is 0 Å². The fourth-order valence-electron chi connectivity index (χ4n) is 3.03. The third-order valence-electron chi connectivity index (χ3n) is 4.41. The van der Waals surface area contributed by atoms with Gasteiger partial charge in [-0.1, -0.05) is 13.3 Å². The van der Waals surface area contributed by atoms with E-state index in [1.54, 1.807) is 4.90 Å². The molecule has 1 heterocycles. The maximum atomic E-state index is 12.6. The van der Waals surface area contributed by atoms with E-state index in [0.29, 0.717) is 24.9 Å². The van der Waals surface area contributed by atoms with Crippen molar-refractivity contribution in [3.05, 3.63) is 29.3 Å². The van der Waals surface area contributed by atoms with E-state index >= 15 is 0 Å². The molecule has 1 aliphatic heterocycles. The molecular weight excluding hydrogens is 304 g/mol. The normalized spacial score (nSPS) is 14.5. The number of ketones is 2. The summed E-state index contributed by atoms with van der Waals surface area (Å²) in [6.07, 6.45) is 2.93. The van der Waals surface area contributed by atoms with Gasteiger partial charge >= 0.3 is 0 Å². The third kappa shape index (κ3) is 4.22. The standard InChI is InChI=1S/C19H26N2O3/c1-4-5-10-20-16-7-8-17-15(11-16)12-21(19(17)24)18(14(3)23)9-6-13(2)22/h7-8,11,18,20H,4-6,9-10,12H2,1-3H3. The van der Waals surface area contributed by atoms with Crippen LogP contribution in [-0.2, 0) is 16.1 Å². The van der Waals surface area contributed by atoms with Crippen LogP contribution in [0.2, 0.25) is 0 Å². The molecule has 1 amide bonds. The molecule has 0 saturated carbocycles. The quantitative estimate of drug-likeness (QED) is 0.706. The van der Waals surface area contributed by atoms with Gasteiger partial charge in [0.05, 0.1) is 6.04 Å². The maximum absolute atomic E-state index is 12.6. The first-order chi connectivity index (χ1) is 11.4. The van der Waals surface area contributed by atoms with Gasteiger partial charge in [0.15, 0.2) is 5.78 Å². The largest absolute Gasteiger partial charge is 0.385 e. The summed E-state index contributed by atoms with van der Waals surface area (Å²) >= 11 is 0. The van der Waals surface area contributed by atoms with Crippen LogP contribution in [0.1, 0.15) is 62.4 Å². The number of unbranched alkanes of at least 4 members (excludes halogenated alkanes) is 1. The number of carbonyl (C=O) groups excluding carboxylic acids is 3. The van der Waals surface area contributed by atoms with Crippen LogP contribution < -0.4 is 5.32 Å². The summed E-state index contributed by atoms with van der Waals surface area (Å²) in [5.74, 6) is -0.152. The van der Waals surface area contributed by atoms with Gasteiger partial charge in [0, 0.05) is 30.8 Å². The van der Waals surface area contributed by atoms with Gasteiger partial charge in [-0.15, -0.1) is 0 Å². The van der Waals surface area contributed by atoms with E-state index in [2.05, 4.69) is 12.2 Å². The second kappa shape index (κ2) is 8.08. The number of amides is 1. The zero-order valence-electron chi connectivity index (χ0n) is 14.7. The van der Waals surface area contributed by atoms with Gasteiger partial charge < -0.3 is 15.0 Å². The number of nitrogens with one attached hydrogen (secondary N) is 1. The van der Waals surface area contributed by atoms with Gasteiger partial charge in [-0.2, -0.15) is 0 Å². The number of benzene rings is 1. The maximum Gasteiger partial charge on any atom is 0.255 e. The molecule has 1 unspecified atom stereocenters. The Bertz CT molecular complexity index is 639. The van der Waals surface area contributed by atoms with Crippen LogP contribution >= 0.6 is 0 Å². The van der Waals surface area contributed by atoms with E-state index in [4.69, 9.17) is 0 Å². The third-order valence-corrected chi connectivity index (χ3v) is 4.41. The molecule has 1 aromatic rings. The molecule has 0 radical (unpaired) electrons. The predicted octanol–water partition coefficient (Wildman–Crippen LogP) is 3.18. The molecule has 0 aromatic heterocycles. The van der Waals surface area contributed by atoms with Crippen molar-refractivity contribution in [2.75, 3.05) is 11.9 Å². The number of fused-ring (bicyclic) bond motifs is 1. The molecule has 0 bridgehead atoms. The van der Waals surface area contributed by atoms with E-state index in [1.165, 1.54) is 13.8 Å². The van der Waals surface area contributed by atoms with Gasteiger partial charge in [-0.05, 0) is 50.5 Å². The summed E-state index contributed by atoms with van der Waals surface area (Å²) in [5, 5.41) is 3.36. The molecule has 2 rings (SSSR count). The van der Waals surface area contributed by atoms with Gasteiger partial charge in [-0.3, -0.25) is 9.59 Å². The zero-order valence-corrected chi connectivity index (χ0v) is 14.7. The molecular formula is C19H26N2O3. The number of carbonyl (C=O) groups is 3. The lowest BCUT2D eigenvalue weighted by Gasteiger charge is -2.25. The lowest BCUT2D eigenvalue weighted by Crippen LogP contribution is -2.40. The molecule has 1 aromatic carbocycles. The Balaban J connectivity index is 2.13. The Kier molecular flexibility index (Phi) is 6.12. The molecule has 24 heavy (non-hydrogen) atoms. The summed E-state index contributed by atoms with van der Waals surface area (Å²) in [4.78, 5) is 37.4. The summed E-state index contributed by atoms with van der Waals surface area (Å²) in [6, 6.07) is 5.21. The first-order valence-corrected chi connectivity index (χ1v) is 8.61. The van der Waals surface area contributed by atoms with Crippen molar-refractivity contribution in [2.24, 2.45) is 0 Å². The fraction of sp³-hybridized carbons (Fsp3) is 0.526. The van der Waals surface area contributed by atoms with Crippen LogP contribution in [0.5, 0.6) is 0 Å². The number of nitrogens with zero attached hydrogens (tertiary/aromatic N) is 1. The van der Waals surface area contributed by atoms with Crippen LogP contribution in [-0.4, -0.2) is 35.0 Å². The molecule has 0 saturated heterocycles. The van der Waals surface area contributed by atoms with E-state index in [-0.39, 0.29) is 17.5 Å². The molecule has 1 N–H and O–H groups in total. The highest BCUT2D eigenvalue weighted by Gasteiger charge is 2.34. The molecule has 1 aliphatic rings. The highest BCUT2D eigenvalue weighted by atomic mass is 16.2. The number of anilines is 1. The van der Waals surface area contributed by atoms with Gasteiger partial charge in [0.25, 0.3) is 5.91 Å². The summed E-state index contributed by atoms with van der Waals surface area (Å²) in [7, 11) is 0. The van der Waals surface area contributed by atoms with Crippen molar-refractivity contribution in [3.63, 3.8) is 0 Å². The number of hydrogen-bond donors (Lipinski definition) is 1. The molecule has 0 aliphatic carbocycles. The fourth-order valence-corrected chi connectivity index (χ4v) is 3.03. The average molecular weight is 330 g/mol. The first-order valence-electron chi connectivity index (χ1n) is 8.61. The first kappa shape index (κ1) is 18.2. The average Bonchev–Trinajstić information content (AvgIpc) is 2.84. The van der Waals surface area contributed by atoms with Gasteiger partial charge in [0.1, 0.15) is 5.78 Å². The Hall–Kier alpha value is -2.17. The highest BCUT2D eigenvalue weighted by molar-refractivity contribution is 6.01. The van der Waals surface area contributed by atoms with Crippen LogP contribution in [0, 0.1) is 0 Å². The predicted molar refractivity (Wildman–Crippen MR) is 94.1 cm³/mol. The Morgan fingerprint density at radius 3 is 2.67 bits per heavy atom. The minimum atomic E-state index is -0.523. The molecule has 1 atom stereocenters. The highest BCUT2D eigenvalue weighted by Crippen LogP contribution is 2.28. The van der Waals surface area contributed by atoms with E-state index in [0.717, 1.165) is 30.6 Å². The molecule has 0 spiro atoms. The SMILES string of the molecule is CCCCNc1ccc2c(c1)CN(C(CCC(C)=O)C(C)=O)C2=O. The van der Waals surface area contributed by atoms with Crippen molar-refractivity contribution >= 4 is 23.2 Å². The Labute approximate surface area is 143 Å². The minimum Gasteiger partial charge on any atom is -0.385 e. The van der Waals surface area contributed by atoms with E-state index in [1.807, 2.05) is 18.2 Å². The van der Waals surface area contributed by atoms with Crippen molar-refractivity contribution < 1.29 is 14.4 Å². The summed E-state index contributed by atoms with van der Waals surface area (Å²) in [5.41, 5.74) is 2.60. The van der Waals surface area contributed by atoms with Crippen LogP contribution in [0.3, 0.4) is 0 Å². The lowest BCUT2D eigenvalue weighted by molar-refractivity contribution is -0.122. The topological polar surface area (TPSA) is 66.5 Å². The number of Topliss-reactive ketones (excluding diaryl/α,β-unsaturated/α-hetero) is 2. The monoisotopic (exact) mass is 330 g/mol. The lowest BCUT2D eigenvalue weighted by atomic mass is 10.0. The van der Waals surface area contributed by atoms with Crippen LogP contribution in [0.4, 0.5) is 5.69 Å². The van der Waals surface area contributed by atoms with Gasteiger partial charge in [-0.25, -0.2) is 0 Å². The smallest absolute Gasteiger partial charge is 0.255 e. The number of rotatable bonds is 9. The second-order valence-electron chi connectivity index (χ2n) is 6.45. The number of hydrogen-bond acceptors (Lipinski definition) is 4. The zero-order chi connectivity index (χ0) is 17.7.